The molecule has 0 amide bonds. The average molecular weight is 150 g/mol. The number of nitrogens with two attached hydrogens (primary N) is 1. The van der Waals surface area contributed by atoms with Crippen LogP contribution in [-0.2, 0) is 0 Å². The molecule has 5 nitrogen and oxygen atoms in total. The zero-order valence-corrected chi connectivity index (χ0v) is 5.61. The van der Waals surface area contributed by atoms with Gasteiger partial charge in [0.25, 0.3) is 0 Å². The number of anilines is 1. The van der Waals surface area contributed by atoms with E-state index in [1.165, 1.54) is 0 Å². The minimum absolute atomic E-state index is 0.299. The molecule has 2 rings (SSSR count). The van der Waals surface area contributed by atoms with Crippen LogP contribution < -0.4 is 5.73 Å². The first-order valence-corrected chi connectivity index (χ1v) is 3.10. The number of nitrogens with zero attached hydrogens (tertiary/aromatic N) is 2. The highest BCUT2D eigenvalue weighted by Crippen LogP contribution is 2.18. The molecule has 0 aliphatic carbocycles. The lowest BCUT2D eigenvalue weighted by molar-refractivity contribution is 0.310. The van der Waals surface area contributed by atoms with Crippen LogP contribution in [0.2, 0.25) is 0 Å². The van der Waals surface area contributed by atoms with E-state index in [0.29, 0.717) is 11.5 Å². The second-order valence-corrected chi connectivity index (χ2v) is 2.08. The summed E-state index contributed by atoms with van der Waals surface area (Å²) < 4.78 is 4.42. The van der Waals surface area contributed by atoms with Gasteiger partial charge in [0.1, 0.15) is 0 Å². The van der Waals surface area contributed by atoms with Gasteiger partial charge in [-0.25, -0.2) is 4.63 Å². The highest BCUT2D eigenvalue weighted by atomic mass is 16.6. The Morgan fingerprint density at radius 1 is 1.45 bits per heavy atom. The zero-order chi connectivity index (χ0) is 7.68. The fourth-order valence-corrected chi connectivity index (χ4v) is 0.860. The Balaban J connectivity index is 2.53. The van der Waals surface area contributed by atoms with Crippen molar-refractivity contribution in [2.75, 3.05) is 5.73 Å². The number of nitrogens with one attached hydrogen (secondary N) is 1. The van der Waals surface area contributed by atoms with Crippen molar-refractivity contribution in [1.82, 2.24) is 15.3 Å². The van der Waals surface area contributed by atoms with Crippen molar-refractivity contribution in [2.45, 2.75) is 0 Å². The number of H-pyrrole nitrogens is 1. The van der Waals surface area contributed by atoms with Crippen LogP contribution in [0.4, 0.5) is 5.82 Å². The molecule has 0 saturated carbocycles. The molecule has 11 heavy (non-hydrogen) atoms. The molecule has 0 bridgehead atoms. The largest absolute Gasteiger partial charge is 0.379 e. The van der Waals surface area contributed by atoms with Gasteiger partial charge in [0.05, 0.1) is 5.69 Å². The Bertz CT molecular complexity index is 337. The summed E-state index contributed by atoms with van der Waals surface area (Å²) in [5.41, 5.74) is 6.80. The van der Waals surface area contributed by atoms with Crippen LogP contribution in [0.3, 0.4) is 0 Å². The standard InChI is InChI=1S/C6H6N4O/c7-6-5(9-11-10-6)4-2-1-3-8-4/h1-3,8H,(H2,7,10). The second-order valence-electron chi connectivity index (χ2n) is 2.08. The summed E-state index contributed by atoms with van der Waals surface area (Å²) in [6.45, 7) is 0. The van der Waals surface area contributed by atoms with Gasteiger partial charge in [-0.15, -0.1) is 0 Å². The van der Waals surface area contributed by atoms with Gasteiger partial charge in [0, 0.05) is 6.20 Å². The molecule has 0 aromatic carbocycles. The molecule has 56 valence electrons. The Labute approximate surface area is 62.2 Å². The first-order chi connectivity index (χ1) is 5.38. The molecular weight excluding hydrogens is 144 g/mol. The van der Waals surface area contributed by atoms with Crippen molar-refractivity contribution in [2.24, 2.45) is 0 Å². The van der Waals surface area contributed by atoms with Gasteiger partial charge in [0.2, 0.25) is 0 Å². The summed E-state index contributed by atoms with van der Waals surface area (Å²) >= 11 is 0. The summed E-state index contributed by atoms with van der Waals surface area (Å²) in [4.78, 5) is 2.94. The molecule has 0 unspecified atom stereocenters. The minimum atomic E-state index is 0.299. The topological polar surface area (TPSA) is 80.7 Å². The quantitative estimate of drug-likeness (QED) is 0.625. The summed E-state index contributed by atoms with van der Waals surface area (Å²) in [6.07, 6.45) is 1.78. The van der Waals surface area contributed by atoms with E-state index in [9.17, 15) is 0 Å². The smallest absolute Gasteiger partial charge is 0.197 e. The highest BCUT2D eigenvalue weighted by Gasteiger charge is 2.08. The third-order valence-electron chi connectivity index (χ3n) is 1.37. The predicted molar refractivity (Wildman–Crippen MR) is 38.5 cm³/mol. The maximum absolute atomic E-state index is 5.44. The SMILES string of the molecule is Nc1nonc1-c1ccc[nH]1. The molecule has 2 aromatic heterocycles. The summed E-state index contributed by atoms with van der Waals surface area (Å²) in [5, 5.41) is 7.06. The van der Waals surface area contributed by atoms with Crippen LogP contribution in [0.1, 0.15) is 0 Å². The van der Waals surface area contributed by atoms with Gasteiger partial charge in [-0.05, 0) is 22.4 Å². The third-order valence-corrected chi connectivity index (χ3v) is 1.37. The Hall–Kier alpha value is -1.78. The maximum Gasteiger partial charge on any atom is 0.197 e. The number of hydrogen-bond donors (Lipinski definition) is 2. The van der Waals surface area contributed by atoms with Gasteiger partial charge in [0.15, 0.2) is 11.5 Å². The first kappa shape index (κ1) is 5.96. The fourth-order valence-electron chi connectivity index (χ4n) is 0.860. The molecule has 0 atom stereocenters. The number of aromatic nitrogens is 3. The van der Waals surface area contributed by atoms with Crippen LogP contribution in [-0.4, -0.2) is 15.3 Å². The van der Waals surface area contributed by atoms with E-state index >= 15 is 0 Å². The van der Waals surface area contributed by atoms with Gasteiger partial charge in [-0.3, -0.25) is 0 Å². The number of hydrogen-bond acceptors (Lipinski definition) is 4. The number of aromatic amines is 1. The molecule has 2 heterocycles. The third kappa shape index (κ3) is 0.861. The van der Waals surface area contributed by atoms with E-state index < -0.39 is 0 Å². The molecular formula is C6H6N4O. The van der Waals surface area contributed by atoms with Crippen molar-refractivity contribution in [3.8, 4) is 11.4 Å². The molecule has 0 aliphatic heterocycles. The van der Waals surface area contributed by atoms with E-state index in [4.69, 9.17) is 5.73 Å². The average Bonchev–Trinajstić information content (AvgIpc) is 2.55. The van der Waals surface area contributed by atoms with Gasteiger partial charge >= 0.3 is 0 Å². The van der Waals surface area contributed by atoms with E-state index in [0.717, 1.165) is 5.69 Å². The molecule has 0 spiro atoms. The van der Waals surface area contributed by atoms with E-state index in [1.54, 1.807) is 6.20 Å². The maximum atomic E-state index is 5.44. The summed E-state index contributed by atoms with van der Waals surface area (Å²) in [6, 6.07) is 3.69. The Kier molecular flexibility index (Phi) is 1.15. The van der Waals surface area contributed by atoms with E-state index in [1.807, 2.05) is 12.1 Å². The Morgan fingerprint density at radius 2 is 2.36 bits per heavy atom. The van der Waals surface area contributed by atoms with Crippen molar-refractivity contribution in [3.05, 3.63) is 18.3 Å². The van der Waals surface area contributed by atoms with Crippen LogP contribution in [0, 0.1) is 0 Å². The lowest BCUT2D eigenvalue weighted by Crippen LogP contribution is -1.87. The molecule has 0 saturated heterocycles. The molecule has 2 aromatic rings. The first-order valence-electron chi connectivity index (χ1n) is 3.10. The fraction of sp³-hybridized carbons (Fsp3) is 0. The second kappa shape index (κ2) is 2.12. The lowest BCUT2D eigenvalue weighted by atomic mass is 10.3. The molecule has 0 aliphatic rings. The highest BCUT2D eigenvalue weighted by molar-refractivity contribution is 5.65. The van der Waals surface area contributed by atoms with Gasteiger partial charge in [-0.2, -0.15) is 0 Å². The predicted octanol–water partition coefficient (Wildman–Crippen LogP) is 0.647. The van der Waals surface area contributed by atoms with Crippen molar-refractivity contribution in [3.63, 3.8) is 0 Å². The van der Waals surface area contributed by atoms with Gasteiger partial charge < -0.3 is 10.7 Å². The summed E-state index contributed by atoms with van der Waals surface area (Å²) in [7, 11) is 0. The monoisotopic (exact) mass is 150 g/mol. The van der Waals surface area contributed by atoms with Crippen LogP contribution in [0.25, 0.3) is 11.4 Å². The van der Waals surface area contributed by atoms with Crippen LogP contribution in [0.5, 0.6) is 0 Å². The Morgan fingerprint density at radius 3 is 2.91 bits per heavy atom. The van der Waals surface area contributed by atoms with Crippen molar-refractivity contribution >= 4 is 5.82 Å². The number of nitrogen functional groups attached to an aromatic ring is 1. The molecule has 0 radical (unpaired) electrons. The molecule has 0 fully saturated rings. The minimum Gasteiger partial charge on any atom is -0.379 e. The summed E-state index contributed by atoms with van der Waals surface area (Å²) in [5.74, 6) is 0.299. The lowest BCUT2D eigenvalue weighted by Gasteiger charge is -1.87. The van der Waals surface area contributed by atoms with Crippen molar-refractivity contribution < 1.29 is 4.63 Å². The normalized spacial score (nSPS) is 10.2. The van der Waals surface area contributed by atoms with Crippen molar-refractivity contribution in [1.29, 1.82) is 0 Å². The van der Waals surface area contributed by atoms with Gasteiger partial charge in [-0.1, -0.05) is 0 Å². The molecule has 5 heteroatoms. The van der Waals surface area contributed by atoms with E-state index in [-0.39, 0.29) is 0 Å². The zero-order valence-electron chi connectivity index (χ0n) is 5.61. The number of rotatable bonds is 1. The van der Waals surface area contributed by atoms with Crippen LogP contribution >= 0.6 is 0 Å². The van der Waals surface area contributed by atoms with E-state index in [2.05, 4.69) is 19.9 Å². The molecule has 3 N–H and O–H groups in total. The van der Waals surface area contributed by atoms with Crippen LogP contribution in [0.15, 0.2) is 23.0 Å².